The third kappa shape index (κ3) is 3.65. The number of phenols is 1. The normalized spacial score (nSPS) is 12.0. The van der Waals surface area contributed by atoms with E-state index in [4.69, 9.17) is 5.11 Å². The van der Waals surface area contributed by atoms with Crippen molar-refractivity contribution < 1.29 is 14.3 Å². The van der Waals surface area contributed by atoms with E-state index in [1.807, 2.05) is 0 Å². The van der Waals surface area contributed by atoms with Gasteiger partial charge in [0, 0.05) is 18.8 Å². The van der Waals surface area contributed by atoms with Crippen LogP contribution in [0.4, 0.5) is 4.39 Å². The highest BCUT2D eigenvalue weighted by molar-refractivity contribution is 5.78. The molecule has 3 N–H and O–H groups in total. The molecule has 1 aromatic carbocycles. The zero-order valence-electron chi connectivity index (χ0n) is 12.6. The standard InChI is InChI=1S/C15H16FN3O4/c1-8(9-3-4-12(20)11(16)5-9)18-13(21)6-10-7-17-15(23)19(2)14(10)22/h3-5,7-8,20H,6H2,1-2H3,(H,17,23)(H,18,21)/t8-/m0/s1. The lowest BCUT2D eigenvalue weighted by Crippen LogP contribution is -2.37. The molecule has 2 aromatic rings. The van der Waals surface area contributed by atoms with Crippen LogP contribution in [0.15, 0.2) is 34.0 Å². The summed E-state index contributed by atoms with van der Waals surface area (Å²) in [7, 11) is 1.31. The molecule has 0 saturated carbocycles. The van der Waals surface area contributed by atoms with Gasteiger partial charge >= 0.3 is 5.69 Å². The van der Waals surface area contributed by atoms with Crippen LogP contribution >= 0.6 is 0 Å². The van der Waals surface area contributed by atoms with Crippen LogP contribution in [-0.2, 0) is 18.3 Å². The van der Waals surface area contributed by atoms with Gasteiger partial charge in [0.05, 0.1) is 12.5 Å². The number of aromatic nitrogens is 2. The molecule has 0 aliphatic heterocycles. The van der Waals surface area contributed by atoms with Crippen molar-refractivity contribution in [2.45, 2.75) is 19.4 Å². The Bertz CT molecular complexity index is 857. The third-order valence-electron chi connectivity index (χ3n) is 3.45. The number of carbonyl (C=O) groups excluding carboxylic acids is 1. The molecule has 23 heavy (non-hydrogen) atoms. The summed E-state index contributed by atoms with van der Waals surface area (Å²) < 4.78 is 14.2. The van der Waals surface area contributed by atoms with Gasteiger partial charge in [0.25, 0.3) is 5.56 Å². The first-order chi connectivity index (χ1) is 10.8. The van der Waals surface area contributed by atoms with Crippen molar-refractivity contribution >= 4 is 5.91 Å². The molecule has 1 aromatic heterocycles. The molecule has 2 rings (SSSR count). The first-order valence-electron chi connectivity index (χ1n) is 6.85. The molecule has 122 valence electrons. The number of amides is 1. The third-order valence-corrected chi connectivity index (χ3v) is 3.45. The summed E-state index contributed by atoms with van der Waals surface area (Å²) in [5, 5.41) is 11.8. The number of rotatable bonds is 4. The number of carbonyl (C=O) groups is 1. The summed E-state index contributed by atoms with van der Waals surface area (Å²) in [6.07, 6.45) is 0.990. The molecule has 0 spiro atoms. The fourth-order valence-electron chi connectivity index (χ4n) is 2.08. The number of hydrogen-bond donors (Lipinski definition) is 3. The van der Waals surface area contributed by atoms with Gasteiger partial charge in [-0.25, -0.2) is 9.18 Å². The maximum Gasteiger partial charge on any atom is 0.328 e. The lowest BCUT2D eigenvalue weighted by atomic mass is 10.1. The predicted octanol–water partition coefficient (Wildman–Crippen LogP) is 0.338. The number of aromatic hydroxyl groups is 1. The van der Waals surface area contributed by atoms with E-state index in [0.29, 0.717) is 5.56 Å². The lowest BCUT2D eigenvalue weighted by Gasteiger charge is -2.14. The Morgan fingerprint density at radius 3 is 2.78 bits per heavy atom. The van der Waals surface area contributed by atoms with Crippen molar-refractivity contribution in [3.05, 3.63) is 62.2 Å². The molecule has 0 saturated heterocycles. The second-order valence-electron chi connectivity index (χ2n) is 5.16. The van der Waals surface area contributed by atoms with Crippen molar-refractivity contribution in [1.29, 1.82) is 0 Å². The van der Waals surface area contributed by atoms with E-state index in [9.17, 15) is 18.8 Å². The maximum absolute atomic E-state index is 13.3. The number of halogens is 1. The van der Waals surface area contributed by atoms with Crippen molar-refractivity contribution in [1.82, 2.24) is 14.9 Å². The Morgan fingerprint density at radius 1 is 1.43 bits per heavy atom. The summed E-state index contributed by atoms with van der Waals surface area (Å²) >= 11 is 0. The van der Waals surface area contributed by atoms with Crippen molar-refractivity contribution in [2.24, 2.45) is 7.05 Å². The average molecular weight is 321 g/mol. The number of nitrogens with zero attached hydrogens (tertiary/aromatic N) is 1. The van der Waals surface area contributed by atoms with Crippen LogP contribution in [0.25, 0.3) is 0 Å². The fourth-order valence-corrected chi connectivity index (χ4v) is 2.08. The number of benzene rings is 1. The summed E-state index contributed by atoms with van der Waals surface area (Å²) in [6, 6.07) is 3.30. The lowest BCUT2D eigenvalue weighted by molar-refractivity contribution is -0.121. The fraction of sp³-hybridized carbons (Fsp3) is 0.267. The minimum absolute atomic E-state index is 0.147. The number of aromatic amines is 1. The monoisotopic (exact) mass is 321 g/mol. The minimum atomic E-state index is -0.780. The smallest absolute Gasteiger partial charge is 0.328 e. The van der Waals surface area contributed by atoms with Gasteiger partial charge in [-0.15, -0.1) is 0 Å². The summed E-state index contributed by atoms with van der Waals surface area (Å²) in [5.74, 6) is -1.70. The van der Waals surface area contributed by atoms with E-state index in [0.717, 1.165) is 10.6 Å². The maximum atomic E-state index is 13.3. The van der Waals surface area contributed by atoms with Crippen LogP contribution in [0.5, 0.6) is 5.75 Å². The molecular formula is C15H16FN3O4. The molecule has 0 aliphatic rings. The zero-order chi connectivity index (χ0) is 17.1. The van der Waals surface area contributed by atoms with Crippen LogP contribution in [-0.4, -0.2) is 20.6 Å². The molecule has 0 bridgehead atoms. The Labute approximate surface area is 130 Å². The van der Waals surface area contributed by atoms with E-state index in [2.05, 4.69) is 10.3 Å². The van der Waals surface area contributed by atoms with Crippen molar-refractivity contribution in [3.63, 3.8) is 0 Å². The molecule has 0 radical (unpaired) electrons. The quantitative estimate of drug-likeness (QED) is 0.755. The van der Waals surface area contributed by atoms with Gasteiger partial charge in [-0.3, -0.25) is 14.2 Å². The summed E-state index contributed by atoms with van der Waals surface area (Å²) in [6.45, 7) is 1.65. The molecule has 0 unspecified atom stereocenters. The molecule has 0 aliphatic carbocycles. The van der Waals surface area contributed by atoms with E-state index in [1.165, 1.54) is 25.4 Å². The molecule has 7 nitrogen and oxygen atoms in total. The molecule has 0 fully saturated rings. The van der Waals surface area contributed by atoms with Gasteiger partial charge in [0.2, 0.25) is 5.91 Å². The van der Waals surface area contributed by atoms with Gasteiger partial charge in [-0.05, 0) is 24.6 Å². The second kappa shape index (κ2) is 6.47. The molecule has 1 heterocycles. The van der Waals surface area contributed by atoms with Crippen LogP contribution in [0.1, 0.15) is 24.1 Å². The first-order valence-corrected chi connectivity index (χ1v) is 6.85. The van der Waals surface area contributed by atoms with E-state index in [-0.39, 0.29) is 12.0 Å². The zero-order valence-corrected chi connectivity index (χ0v) is 12.6. The predicted molar refractivity (Wildman–Crippen MR) is 80.6 cm³/mol. The molecule has 1 amide bonds. The number of phenolic OH excluding ortho intramolecular Hbond substituents is 1. The highest BCUT2D eigenvalue weighted by atomic mass is 19.1. The highest BCUT2D eigenvalue weighted by Crippen LogP contribution is 2.20. The van der Waals surface area contributed by atoms with Crippen molar-refractivity contribution in [3.8, 4) is 5.75 Å². The number of hydrogen-bond acceptors (Lipinski definition) is 4. The van der Waals surface area contributed by atoms with Crippen LogP contribution in [0.3, 0.4) is 0 Å². The van der Waals surface area contributed by atoms with Gasteiger partial charge in [-0.1, -0.05) is 6.07 Å². The van der Waals surface area contributed by atoms with Gasteiger partial charge < -0.3 is 15.4 Å². The average Bonchev–Trinajstić information content (AvgIpc) is 2.50. The molecule has 8 heteroatoms. The number of H-pyrrole nitrogens is 1. The van der Waals surface area contributed by atoms with Crippen LogP contribution in [0, 0.1) is 5.82 Å². The van der Waals surface area contributed by atoms with Gasteiger partial charge in [0.15, 0.2) is 11.6 Å². The second-order valence-corrected chi connectivity index (χ2v) is 5.16. The molecular weight excluding hydrogens is 305 g/mol. The summed E-state index contributed by atoms with van der Waals surface area (Å²) in [5.41, 5.74) is -0.490. The van der Waals surface area contributed by atoms with E-state index >= 15 is 0 Å². The van der Waals surface area contributed by atoms with E-state index in [1.54, 1.807) is 6.92 Å². The topological polar surface area (TPSA) is 104 Å². The highest BCUT2D eigenvalue weighted by Gasteiger charge is 2.14. The Hall–Kier alpha value is -2.90. The summed E-state index contributed by atoms with van der Waals surface area (Å²) in [4.78, 5) is 37.5. The Kier molecular flexibility index (Phi) is 4.63. The first kappa shape index (κ1) is 16.5. The Morgan fingerprint density at radius 2 is 2.13 bits per heavy atom. The van der Waals surface area contributed by atoms with Crippen LogP contribution < -0.4 is 16.6 Å². The van der Waals surface area contributed by atoms with E-state index < -0.39 is 34.8 Å². The SMILES string of the molecule is C[C@H](NC(=O)Cc1c[nH]c(=O)n(C)c1=O)c1ccc(O)c(F)c1. The Balaban J connectivity index is 2.10. The van der Waals surface area contributed by atoms with Gasteiger partial charge in [-0.2, -0.15) is 0 Å². The number of nitrogens with one attached hydrogen (secondary N) is 2. The van der Waals surface area contributed by atoms with Crippen LogP contribution in [0.2, 0.25) is 0 Å². The van der Waals surface area contributed by atoms with Gasteiger partial charge in [0.1, 0.15) is 0 Å². The minimum Gasteiger partial charge on any atom is -0.505 e. The largest absolute Gasteiger partial charge is 0.505 e. The van der Waals surface area contributed by atoms with Crippen molar-refractivity contribution in [2.75, 3.05) is 0 Å². The molecule has 1 atom stereocenters.